The summed E-state index contributed by atoms with van der Waals surface area (Å²) >= 11 is 3.43. The first-order valence-electron chi connectivity index (χ1n) is 5.31. The van der Waals surface area contributed by atoms with Gasteiger partial charge in [0.2, 0.25) is 0 Å². The van der Waals surface area contributed by atoms with E-state index in [0.717, 1.165) is 24.8 Å². The third-order valence-electron chi connectivity index (χ3n) is 2.88. The molecule has 0 aromatic heterocycles. The normalized spacial score (nSPS) is 20.1. The Morgan fingerprint density at radius 2 is 2.12 bits per heavy atom. The number of carbonyl (C=O) groups excluding carboxylic acids is 1. The van der Waals surface area contributed by atoms with E-state index in [4.69, 9.17) is 0 Å². The van der Waals surface area contributed by atoms with Gasteiger partial charge in [0.1, 0.15) is 5.82 Å². The van der Waals surface area contributed by atoms with Crippen molar-refractivity contribution in [1.82, 2.24) is 4.90 Å². The third-order valence-corrected chi connectivity index (χ3v) is 3.80. The molecule has 1 fully saturated rings. The van der Waals surface area contributed by atoms with Crippen LogP contribution in [0, 0.1) is 11.7 Å². The van der Waals surface area contributed by atoms with Gasteiger partial charge in [-0.25, -0.2) is 4.39 Å². The topological polar surface area (TPSA) is 20.3 Å². The Morgan fingerprint density at radius 3 is 2.69 bits per heavy atom. The molecule has 0 bridgehead atoms. The first-order valence-corrected chi connectivity index (χ1v) is 6.43. The van der Waals surface area contributed by atoms with E-state index in [1.165, 1.54) is 12.1 Å². The summed E-state index contributed by atoms with van der Waals surface area (Å²) in [6.07, 6.45) is 1.04. The quantitative estimate of drug-likeness (QED) is 0.765. The molecule has 16 heavy (non-hydrogen) atoms. The summed E-state index contributed by atoms with van der Waals surface area (Å²) in [5, 5.41) is 0.931. The minimum absolute atomic E-state index is 0.00319. The maximum Gasteiger partial charge on any atom is 0.253 e. The SMILES string of the molecule is O=C(c1ccc(F)cc1)N1CCC(CBr)C1. The van der Waals surface area contributed by atoms with Crippen molar-refractivity contribution in [1.29, 1.82) is 0 Å². The maximum atomic E-state index is 12.7. The van der Waals surface area contributed by atoms with Gasteiger partial charge in [0, 0.05) is 24.0 Å². The number of likely N-dealkylation sites (tertiary alicyclic amines) is 1. The zero-order chi connectivity index (χ0) is 11.5. The molecule has 1 aliphatic heterocycles. The van der Waals surface area contributed by atoms with Crippen molar-refractivity contribution in [2.75, 3.05) is 18.4 Å². The third kappa shape index (κ3) is 2.43. The molecule has 2 nitrogen and oxygen atoms in total. The van der Waals surface area contributed by atoms with Gasteiger partial charge in [-0.15, -0.1) is 0 Å². The fourth-order valence-electron chi connectivity index (χ4n) is 1.92. The molecule has 1 saturated heterocycles. The van der Waals surface area contributed by atoms with Gasteiger partial charge in [0.25, 0.3) is 5.91 Å². The molecule has 0 N–H and O–H groups in total. The zero-order valence-corrected chi connectivity index (χ0v) is 10.4. The lowest BCUT2D eigenvalue weighted by Gasteiger charge is -2.16. The number of halogens is 2. The molecule has 86 valence electrons. The molecule has 4 heteroatoms. The summed E-state index contributed by atoms with van der Waals surface area (Å²) in [4.78, 5) is 13.8. The van der Waals surface area contributed by atoms with Gasteiger partial charge < -0.3 is 4.90 Å². The lowest BCUT2D eigenvalue weighted by molar-refractivity contribution is 0.0788. The molecule has 0 radical (unpaired) electrons. The van der Waals surface area contributed by atoms with Crippen LogP contribution in [-0.4, -0.2) is 29.2 Å². The van der Waals surface area contributed by atoms with Crippen molar-refractivity contribution >= 4 is 21.8 Å². The molecule has 1 atom stereocenters. The number of hydrogen-bond acceptors (Lipinski definition) is 1. The van der Waals surface area contributed by atoms with Crippen LogP contribution in [0.25, 0.3) is 0 Å². The van der Waals surface area contributed by atoms with E-state index < -0.39 is 0 Å². The van der Waals surface area contributed by atoms with Crippen LogP contribution >= 0.6 is 15.9 Å². The van der Waals surface area contributed by atoms with E-state index >= 15 is 0 Å². The van der Waals surface area contributed by atoms with Gasteiger partial charge in [-0.2, -0.15) is 0 Å². The monoisotopic (exact) mass is 285 g/mol. The van der Waals surface area contributed by atoms with E-state index in [0.29, 0.717) is 11.5 Å². The Morgan fingerprint density at radius 1 is 1.44 bits per heavy atom. The van der Waals surface area contributed by atoms with Crippen LogP contribution in [0.3, 0.4) is 0 Å². The molecular weight excluding hydrogens is 273 g/mol. The van der Waals surface area contributed by atoms with Gasteiger partial charge in [-0.3, -0.25) is 4.79 Å². The van der Waals surface area contributed by atoms with Gasteiger partial charge in [-0.05, 0) is 36.6 Å². The summed E-state index contributed by atoms with van der Waals surface area (Å²) in [5.41, 5.74) is 0.566. The number of amides is 1. The fourth-order valence-corrected chi connectivity index (χ4v) is 2.45. The molecule has 1 aromatic rings. The molecular formula is C12H13BrFNO. The number of nitrogens with zero attached hydrogens (tertiary/aromatic N) is 1. The molecule has 0 saturated carbocycles. The highest BCUT2D eigenvalue weighted by Crippen LogP contribution is 2.20. The molecule has 1 unspecified atom stereocenters. The van der Waals surface area contributed by atoms with E-state index in [1.54, 1.807) is 12.1 Å². The molecule has 1 aliphatic rings. The van der Waals surface area contributed by atoms with Crippen molar-refractivity contribution in [3.8, 4) is 0 Å². The number of benzene rings is 1. The summed E-state index contributed by atoms with van der Waals surface area (Å²) < 4.78 is 12.7. The van der Waals surface area contributed by atoms with Crippen LogP contribution in [-0.2, 0) is 0 Å². The second kappa shape index (κ2) is 4.95. The maximum absolute atomic E-state index is 12.7. The highest BCUT2D eigenvalue weighted by molar-refractivity contribution is 9.09. The van der Waals surface area contributed by atoms with Crippen LogP contribution in [0.15, 0.2) is 24.3 Å². The zero-order valence-electron chi connectivity index (χ0n) is 8.83. The van der Waals surface area contributed by atoms with Gasteiger partial charge in [0.15, 0.2) is 0 Å². The molecule has 1 amide bonds. The molecule has 0 aliphatic carbocycles. The second-order valence-corrected chi connectivity index (χ2v) is 4.71. The Kier molecular flexibility index (Phi) is 3.59. The molecule has 0 spiro atoms. The van der Waals surface area contributed by atoms with E-state index in [2.05, 4.69) is 15.9 Å². The van der Waals surface area contributed by atoms with Crippen molar-refractivity contribution in [2.45, 2.75) is 6.42 Å². The number of carbonyl (C=O) groups is 1. The summed E-state index contributed by atoms with van der Waals surface area (Å²) in [5.74, 6) is 0.240. The highest BCUT2D eigenvalue weighted by atomic mass is 79.9. The summed E-state index contributed by atoms with van der Waals surface area (Å²) in [6, 6.07) is 5.73. The number of alkyl halides is 1. The van der Waals surface area contributed by atoms with Crippen LogP contribution in [0.2, 0.25) is 0 Å². The second-order valence-electron chi connectivity index (χ2n) is 4.07. The molecule has 2 rings (SSSR count). The van der Waals surface area contributed by atoms with Crippen molar-refractivity contribution < 1.29 is 9.18 Å². The van der Waals surface area contributed by atoms with Gasteiger partial charge >= 0.3 is 0 Å². The summed E-state index contributed by atoms with van der Waals surface area (Å²) in [6.45, 7) is 1.59. The van der Waals surface area contributed by atoms with Gasteiger partial charge in [-0.1, -0.05) is 15.9 Å². The highest BCUT2D eigenvalue weighted by Gasteiger charge is 2.25. The lowest BCUT2D eigenvalue weighted by atomic mass is 10.2. The van der Waals surface area contributed by atoms with Crippen LogP contribution in [0.4, 0.5) is 4.39 Å². The molecule has 1 aromatic carbocycles. The van der Waals surface area contributed by atoms with Gasteiger partial charge in [0.05, 0.1) is 0 Å². The van der Waals surface area contributed by atoms with E-state index in [9.17, 15) is 9.18 Å². The molecule has 1 heterocycles. The number of hydrogen-bond donors (Lipinski definition) is 0. The average molecular weight is 286 g/mol. The first kappa shape index (κ1) is 11.6. The van der Waals surface area contributed by atoms with Crippen molar-refractivity contribution in [2.24, 2.45) is 5.92 Å². The van der Waals surface area contributed by atoms with Crippen LogP contribution < -0.4 is 0 Å². The summed E-state index contributed by atoms with van der Waals surface area (Å²) in [7, 11) is 0. The largest absolute Gasteiger partial charge is 0.338 e. The predicted molar refractivity (Wildman–Crippen MR) is 64.2 cm³/mol. The minimum Gasteiger partial charge on any atom is -0.338 e. The average Bonchev–Trinajstić information content (AvgIpc) is 2.77. The number of rotatable bonds is 2. The minimum atomic E-state index is -0.309. The standard InChI is InChI=1S/C12H13BrFNO/c13-7-9-5-6-15(8-9)12(16)10-1-3-11(14)4-2-10/h1-4,9H,5-8H2. The Balaban J connectivity index is 2.05. The predicted octanol–water partition coefficient (Wildman–Crippen LogP) is 2.68. The van der Waals surface area contributed by atoms with E-state index in [1.807, 2.05) is 4.90 Å². The fraction of sp³-hybridized carbons (Fsp3) is 0.417. The van der Waals surface area contributed by atoms with Crippen LogP contribution in [0.5, 0.6) is 0 Å². The van der Waals surface area contributed by atoms with E-state index in [-0.39, 0.29) is 11.7 Å². The Hall–Kier alpha value is -0.900. The Labute approximate surface area is 103 Å². The van der Waals surface area contributed by atoms with Crippen molar-refractivity contribution in [3.63, 3.8) is 0 Å². The Bertz CT molecular complexity index is 379. The smallest absolute Gasteiger partial charge is 0.253 e. The first-order chi connectivity index (χ1) is 7.70. The lowest BCUT2D eigenvalue weighted by Crippen LogP contribution is -2.28. The van der Waals surface area contributed by atoms with Crippen LogP contribution in [0.1, 0.15) is 16.8 Å². The van der Waals surface area contributed by atoms with Crippen molar-refractivity contribution in [3.05, 3.63) is 35.6 Å².